The summed E-state index contributed by atoms with van der Waals surface area (Å²) in [5, 5.41) is 0. The van der Waals surface area contributed by atoms with Gasteiger partial charge in [0.2, 0.25) is 6.29 Å². The van der Waals surface area contributed by atoms with Crippen LogP contribution >= 0.6 is 0 Å². The van der Waals surface area contributed by atoms with Crippen molar-refractivity contribution in [3.8, 4) is 5.75 Å². The summed E-state index contributed by atoms with van der Waals surface area (Å²) in [5.74, 6) is 0.829. The van der Waals surface area contributed by atoms with Crippen molar-refractivity contribution < 1.29 is 26.4 Å². The van der Waals surface area contributed by atoms with E-state index in [1.807, 2.05) is 43.3 Å². The molecule has 2 rings (SSSR count). The largest absolute Gasteiger partial charge is 1.00 e. The zero-order valence-corrected chi connectivity index (χ0v) is 15.0. The van der Waals surface area contributed by atoms with Crippen molar-refractivity contribution in [3.05, 3.63) is 66.2 Å². The molecular formula is C19H26ClNO2. The van der Waals surface area contributed by atoms with E-state index in [0.717, 1.165) is 16.8 Å². The average molecular weight is 336 g/mol. The Morgan fingerprint density at radius 2 is 1.39 bits per heavy atom. The van der Waals surface area contributed by atoms with E-state index >= 15 is 0 Å². The molecule has 0 N–H and O–H groups in total. The van der Waals surface area contributed by atoms with Crippen molar-refractivity contribution in [1.29, 1.82) is 0 Å². The first-order valence-electron chi connectivity index (χ1n) is 7.71. The predicted octanol–water partition coefficient (Wildman–Crippen LogP) is 1.05. The topological polar surface area (TPSA) is 18.5 Å². The number of hydrogen-bond donors (Lipinski definition) is 0. The van der Waals surface area contributed by atoms with Crippen molar-refractivity contribution in [2.75, 3.05) is 14.1 Å². The van der Waals surface area contributed by atoms with Crippen LogP contribution < -0.4 is 17.1 Å². The molecule has 0 aliphatic carbocycles. The first-order valence-corrected chi connectivity index (χ1v) is 7.71. The molecule has 0 saturated heterocycles. The molecule has 0 aliphatic heterocycles. The van der Waals surface area contributed by atoms with E-state index in [1.165, 1.54) is 5.56 Å². The number of quaternary nitrogens is 1. The molecule has 23 heavy (non-hydrogen) atoms. The first kappa shape index (κ1) is 19.5. The van der Waals surface area contributed by atoms with E-state index < -0.39 is 0 Å². The van der Waals surface area contributed by atoms with Crippen LogP contribution in [0.3, 0.4) is 0 Å². The molecule has 0 bridgehead atoms. The molecular weight excluding hydrogens is 310 g/mol. The van der Waals surface area contributed by atoms with Gasteiger partial charge >= 0.3 is 0 Å². The molecule has 3 nitrogen and oxygen atoms in total. The third-order valence-corrected chi connectivity index (χ3v) is 3.85. The molecule has 126 valence electrons. The van der Waals surface area contributed by atoms with Crippen LogP contribution in [0.25, 0.3) is 0 Å². The summed E-state index contributed by atoms with van der Waals surface area (Å²) < 4.78 is 12.6. The Bertz CT molecular complexity index is 560. The lowest BCUT2D eigenvalue weighted by Gasteiger charge is -2.36. The van der Waals surface area contributed by atoms with Crippen molar-refractivity contribution in [2.45, 2.75) is 32.9 Å². The number of hydrogen-bond acceptors (Lipinski definition) is 2. The van der Waals surface area contributed by atoms with Crippen molar-refractivity contribution in [3.63, 3.8) is 0 Å². The molecule has 0 aliphatic rings. The predicted molar refractivity (Wildman–Crippen MR) is 89.3 cm³/mol. The summed E-state index contributed by atoms with van der Waals surface area (Å²) in [6, 6.07) is 20.3. The maximum atomic E-state index is 6.04. The number of para-hydroxylation sites is 1. The molecule has 0 radical (unpaired) electrons. The van der Waals surface area contributed by atoms with Crippen molar-refractivity contribution >= 4 is 0 Å². The van der Waals surface area contributed by atoms with E-state index in [4.69, 9.17) is 9.47 Å². The zero-order chi connectivity index (χ0) is 16.0. The van der Waals surface area contributed by atoms with E-state index in [1.54, 1.807) is 0 Å². The van der Waals surface area contributed by atoms with Gasteiger partial charge < -0.3 is 17.1 Å². The molecule has 2 aromatic rings. The highest BCUT2D eigenvalue weighted by Crippen LogP contribution is 2.18. The second-order valence-corrected chi connectivity index (χ2v) is 6.16. The molecule has 0 aromatic heterocycles. The van der Waals surface area contributed by atoms with Gasteiger partial charge in [0.15, 0.2) is 6.23 Å². The third kappa shape index (κ3) is 6.22. The van der Waals surface area contributed by atoms with Gasteiger partial charge in [-0.05, 0) is 19.1 Å². The van der Waals surface area contributed by atoms with Crippen LogP contribution in [0.15, 0.2) is 60.7 Å². The number of nitrogens with zero attached hydrogens (tertiary/aromatic N) is 1. The second-order valence-electron chi connectivity index (χ2n) is 6.16. The van der Waals surface area contributed by atoms with Crippen LogP contribution in [0.4, 0.5) is 0 Å². The Balaban J connectivity index is 0.00000264. The van der Waals surface area contributed by atoms with Crippen LogP contribution in [0, 0.1) is 0 Å². The van der Waals surface area contributed by atoms with Gasteiger partial charge in [0.25, 0.3) is 0 Å². The molecule has 0 spiro atoms. The van der Waals surface area contributed by atoms with Gasteiger partial charge in [0.05, 0.1) is 14.1 Å². The average Bonchev–Trinajstić information content (AvgIpc) is 2.48. The fourth-order valence-corrected chi connectivity index (χ4v) is 2.34. The lowest BCUT2D eigenvalue weighted by molar-refractivity contribution is -0.949. The minimum absolute atomic E-state index is 0. The lowest BCUT2D eigenvalue weighted by Crippen LogP contribution is -3.00. The quantitative estimate of drug-likeness (QED) is 0.556. The van der Waals surface area contributed by atoms with E-state index in [0.29, 0.717) is 0 Å². The van der Waals surface area contributed by atoms with Crippen molar-refractivity contribution in [2.24, 2.45) is 0 Å². The molecule has 2 atom stereocenters. The molecule has 0 heterocycles. The van der Waals surface area contributed by atoms with Crippen LogP contribution in [0.2, 0.25) is 0 Å². The van der Waals surface area contributed by atoms with E-state index in [-0.39, 0.29) is 24.9 Å². The third-order valence-electron chi connectivity index (χ3n) is 3.85. The van der Waals surface area contributed by atoms with Gasteiger partial charge in [-0.1, -0.05) is 48.5 Å². The van der Waals surface area contributed by atoms with Gasteiger partial charge in [-0.25, -0.2) is 0 Å². The van der Waals surface area contributed by atoms with Crippen LogP contribution in [-0.4, -0.2) is 31.1 Å². The monoisotopic (exact) mass is 335 g/mol. The summed E-state index contributed by atoms with van der Waals surface area (Å²) in [7, 11) is 4.35. The van der Waals surface area contributed by atoms with Crippen LogP contribution in [0.1, 0.15) is 19.4 Å². The normalized spacial score (nSPS) is 13.7. The van der Waals surface area contributed by atoms with Crippen LogP contribution in [0.5, 0.6) is 5.75 Å². The molecule has 0 saturated carbocycles. The Morgan fingerprint density at radius 3 is 1.96 bits per heavy atom. The maximum Gasteiger partial charge on any atom is 0.202 e. The summed E-state index contributed by atoms with van der Waals surface area (Å²) >= 11 is 0. The highest BCUT2D eigenvalue weighted by Gasteiger charge is 2.27. The first-order chi connectivity index (χ1) is 10.5. The lowest BCUT2D eigenvalue weighted by atomic mass is 10.2. The smallest absolute Gasteiger partial charge is 0.202 e. The van der Waals surface area contributed by atoms with Gasteiger partial charge in [-0.15, -0.1) is 0 Å². The fourth-order valence-electron chi connectivity index (χ4n) is 2.34. The molecule has 4 heteroatoms. The highest BCUT2D eigenvalue weighted by molar-refractivity contribution is 5.20. The van der Waals surface area contributed by atoms with Gasteiger partial charge in [0.1, 0.15) is 12.3 Å². The molecule has 0 amide bonds. The Labute approximate surface area is 145 Å². The van der Waals surface area contributed by atoms with Crippen molar-refractivity contribution in [1.82, 2.24) is 0 Å². The summed E-state index contributed by atoms with van der Waals surface area (Å²) in [4.78, 5) is 0. The highest BCUT2D eigenvalue weighted by atomic mass is 35.5. The summed E-state index contributed by atoms with van der Waals surface area (Å²) in [6.07, 6.45) is -0.260. The number of rotatable bonds is 7. The van der Waals surface area contributed by atoms with Gasteiger partial charge in [0, 0.05) is 12.5 Å². The minimum Gasteiger partial charge on any atom is -1.00 e. The number of halogens is 1. The standard InChI is InChI=1S/C19H26NO2.ClH/c1-16(20(3,4)15-18-11-7-5-8-12-18)21-17(2)22-19-13-9-6-10-14-19;/h5-14,16-17H,15H2,1-4H3;1H/q+1;/p-1. The minimum atomic E-state index is -0.287. The number of ether oxygens (including phenoxy) is 2. The fraction of sp³-hybridized carbons (Fsp3) is 0.368. The number of benzene rings is 2. The summed E-state index contributed by atoms with van der Waals surface area (Å²) in [5.41, 5.74) is 1.31. The molecule has 0 fully saturated rings. The maximum absolute atomic E-state index is 6.04. The van der Waals surface area contributed by atoms with E-state index in [2.05, 4.69) is 45.3 Å². The second kappa shape index (κ2) is 8.92. The Morgan fingerprint density at radius 1 is 0.870 bits per heavy atom. The molecule has 2 unspecified atom stereocenters. The Hall–Kier alpha value is -1.55. The van der Waals surface area contributed by atoms with E-state index in [9.17, 15) is 0 Å². The summed E-state index contributed by atoms with van der Waals surface area (Å²) in [6.45, 7) is 4.94. The van der Waals surface area contributed by atoms with Gasteiger partial charge in [-0.3, -0.25) is 9.22 Å². The molecule has 2 aromatic carbocycles. The van der Waals surface area contributed by atoms with Gasteiger partial charge in [-0.2, -0.15) is 0 Å². The SMILES string of the molecule is CC(Oc1ccccc1)OC(C)[N+](C)(C)Cc1ccccc1.[Cl-]. The van der Waals surface area contributed by atoms with Crippen LogP contribution in [-0.2, 0) is 11.3 Å². The Kier molecular flexibility index (Phi) is 7.56. The zero-order valence-electron chi connectivity index (χ0n) is 14.3.